The van der Waals surface area contributed by atoms with Crippen molar-refractivity contribution in [2.45, 2.75) is 64.6 Å². The number of aromatic nitrogens is 2. The van der Waals surface area contributed by atoms with E-state index in [4.69, 9.17) is 9.73 Å². The van der Waals surface area contributed by atoms with E-state index >= 15 is 0 Å². The zero-order chi connectivity index (χ0) is 41.5. The van der Waals surface area contributed by atoms with Crippen molar-refractivity contribution in [3.8, 4) is 5.75 Å². The highest BCUT2D eigenvalue weighted by molar-refractivity contribution is 6.23. The van der Waals surface area contributed by atoms with E-state index in [1.54, 1.807) is 12.1 Å². The quantitative estimate of drug-likeness (QED) is 0.257. The van der Waals surface area contributed by atoms with Gasteiger partial charge in [-0.1, -0.05) is 0 Å². The van der Waals surface area contributed by atoms with Gasteiger partial charge in [0, 0.05) is 108 Å². The smallest absolute Gasteiger partial charge is 0.262 e. The summed E-state index contributed by atoms with van der Waals surface area (Å²) < 4.78 is 5.96. The third kappa shape index (κ3) is 8.24. The number of hydrogen-bond acceptors (Lipinski definition) is 13. The standard InChI is InChI=1S/C44H57N11O5/c1-28(2)60-32-5-7-36-35(23-32)41(49-48-36)37-24-39(46-27-45-37)54-21-20-52(29(3)25-54)19-18-50-14-16-51(17-15-50)26-30-10-12-53(13-11-30)31-4-6-33-34(22-31)44(59)55(43(33)58)38-8-9-40(56)47-42(38)57/h4-7,22-24,28-30,38,45H,8-21,25-27H2,1-3H3,(H,48,49)(H,47,56,57)/t29-,38?/m0/s1. The van der Waals surface area contributed by atoms with Crippen molar-refractivity contribution < 1.29 is 23.9 Å². The fourth-order valence-electron chi connectivity index (χ4n) is 9.71. The van der Waals surface area contributed by atoms with Gasteiger partial charge in [0.15, 0.2) is 0 Å². The molecule has 4 fully saturated rings. The first-order valence-electron chi connectivity index (χ1n) is 21.8. The van der Waals surface area contributed by atoms with Gasteiger partial charge in [-0.3, -0.25) is 44.3 Å². The third-order valence-electron chi connectivity index (χ3n) is 13.1. The molecule has 2 aromatic carbocycles. The first-order valence-corrected chi connectivity index (χ1v) is 21.8. The van der Waals surface area contributed by atoms with Crippen LogP contribution in [-0.2, 0) is 9.59 Å². The highest BCUT2D eigenvalue weighted by Gasteiger charge is 2.45. The maximum absolute atomic E-state index is 13.4. The van der Waals surface area contributed by atoms with Crippen LogP contribution in [0.15, 0.2) is 47.5 Å². The Morgan fingerprint density at radius 3 is 2.38 bits per heavy atom. The minimum Gasteiger partial charge on any atom is -0.491 e. The first kappa shape index (κ1) is 40.1. The summed E-state index contributed by atoms with van der Waals surface area (Å²) in [6, 6.07) is 11.0. The van der Waals surface area contributed by atoms with Crippen LogP contribution in [0.25, 0.3) is 16.6 Å². The number of imide groups is 2. The maximum Gasteiger partial charge on any atom is 0.262 e. The fourth-order valence-corrected chi connectivity index (χ4v) is 9.71. The number of rotatable bonds is 10. The summed E-state index contributed by atoms with van der Waals surface area (Å²) in [5, 5.41) is 14.6. The summed E-state index contributed by atoms with van der Waals surface area (Å²) in [5.74, 6) is 0.586. The van der Waals surface area contributed by atoms with E-state index in [0.29, 0.717) is 29.8 Å². The van der Waals surface area contributed by atoms with Crippen LogP contribution >= 0.6 is 0 Å². The summed E-state index contributed by atoms with van der Waals surface area (Å²) in [5.41, 5.74) is 4.43. The van der Waals surface area contributed by atoms with Crippen LogP contribution in [0.2, 0.25) is 0 Å². The molecule has 16 heteroatoms. The van der Waals surface area contributed by atoms with Gasteiger partial charge in [-0.05, 0) is 82.3 Å². The van der Waals surface area contributed by atoms with Gasteiger partial charge in [0.2, 0.25) is 11.8 Å². The molecule has 60 heavy (non-hydrogen) atoms. The van der Waals surface area contributed by atoms with Crippen LogP contribution in [-0.4, -0.2) is 168 Å². The Hall–Kier alpha value is -5.32. The topological polar surface area (TPSA) is 162 Å². The fraction of sp³-hybridized carbons (Fsp3) is 0.545. The molecule has 9 rings (SSSR count). The van der Waals surface area contributed by atoms with Gasteiger partial charge in [0.25, 0.3) is 11.8 Å². The van der Waals surface area contributed by atoms with Gasteiger partial charge >= 0.3 is 0 Å². The lowest BCUT2D eigenvalue weighted by Gasteiger charge is -2.43. The van der Waals surface area contributed by atoms with Crippen molar-refractivity contribution >= 4 is 51.8 Å². The Morgan fingerprint density at radius 2 is 1.62 bits per heavy atom. The van der Waals surface area contributed by atoms with Crippen molar-refractivity contribution in [3.63, 3.8) is 0 Å². The zero-order valence-corrected chi connectivity index (χ0v) is 35.0. The number of amides is 4. The number of nitrogens with one attached hydrogen (secondary N) is 3. The normalized spacial score (nSPS) is 23.9. The number of aliphatic imine (C=N–C) groups is 1. The molecule has 0 aliphatic carbocycles. The first-order chi connectivity index (χ1) is 29.1. The van der Waals surface area contributed by atoms with Gasteiger partial charge in [0.1, 0.15) is 30.0 Å². The molecule has 6 aliphatic heterocycles. The van der Waals surface area contributed by atoms with E-state index in [-0.39, 0.29) is 24.9 Å². The minimum absolute atomic E-state index is 0.102. The highest BCUT2D eigenvalue weighted by atomic mass is 16.5. The number of hydrogen-bond donors (Lipinski definition) is 3. The van der Waals surface area contributed by atoms with Crippen molar-refractivity contribution in [2.24, 2.45) is 10.9 Å². The van der Waals surface area contributed by atoms with Gasteiger partial charge in [-0.2, -0.15) is 5.10 Å². The van der Waals surface area contributed by atoms with Crippen LogP contribution in [0.5, 0.6) is 5.75 Å². The molecule has 3 aromatic rings. The van der Waals surface area contributed by atoms with Crippen LogP contribution < -0.4 is 20.3 Å². The summed E-state index contributed by atoms with van der Waals surface area (Å²) >= 11 is 0. The molecule has 4 amide bonds. The van der Waals surface area contributed by atoms with Crippen molar-refractivity contribution in [1.29, 1.82) is 0 Å². The van der Waals surface area contributed by atoms with Crippen LogP contribution in [0.3, 0.4) is 0 Å². The Kier molecular flexibility index (Phi) is 11.3. The summed E-state index contributed by atoms with van der Waals surface area (Å²) in [6.07, 6.45) is 4.66. The number of piperidine rings is 2. The SMILES string of the molecule is CC(C)Oc1ccc2[nH]nc(C3=CC(N4CCN(CCN5CCN(CC6CCN(c7ccc8c(c7)C(=O)N(C7CCC(=O)NC7=O)C8=O)CC6)CC5)[C@@H](C)C4)=NCN3)c2c1. The number of ether oxygens (including phenoxy) is 1. The lowest BCUT2D eigenvalue weighted by molar-refractivity contribution is -0.136. The molecular weight excluding hydrogens is 763 g/mol. The van der Waals surface area contributed by atoms with E-state index in [9.17, 15) is 19.2 Å². The molecule has 2 atom stereocenters. The number of carbonyl (C=O) groups is 4. The molecular formula is C44H57N11O5. The van der Waals surface area contributed by atoms with Crippen molar-refractivity contribution in [1.82, 2.24) is 45.3 Å². The third-order valence-corrected chi connectivity index (χ3v) is 13.1. The number of aromatic amines is 1. The molecule has 0 bridgehead atoms. The van der Waals surface area contributed by atoms with Gasteiger partial charge in [0.05, 0.1) is 28.4 Å². The Balaban J connectivity index is 0.702. The molecule has 1 unspecified atom stereocenters. The zero-order valence-electron chi connectivity index (χ0n) is 35.0. The number of benzene rings is 2. The highest BCUT2D eigenvalue weighted by Crippen LogP contribution is 2.33. The molecule has 0 saturated carbocycles. The van der Waals surface area contributed by atoms with Crippen LogP contribution in [0, 0.1) is 5.92 Å². The predicted molar refractivity (Wildman–Crippen MR) is 229 cm³/mol. The summed E-state index contributed by atoms with van der Waals surface area (Å²) in [4.78, 5) is 69.1. The lowest BCUT2D eigenvalue weighted by atomic mass is 9.95. The van der Waals surface area contributed by atoms with Crippen molar-refractivity contribution in [3.05, 3.63) is 59.3 Å². The van der Waals surface area contributed by atoms with E-state index in [1.165, 1.54) is 0 Å². The van der Waals surface area contributed by atoms with Gasteiger partial charge in [-0.15, -0.1) is 0 Å². The number of H-pyrrole nitrogens is 1. The number of anilines is 1. The average Bonchev–Trinajstić information content (AvgIpc) is 3.78. The monoisotopic (exact) mass is 819 g/mol. The molecule has 4 saturated heterocycles. The number of fused-ring (bicyclic) bond motifs is 2. The van der Waals surface area contributed by atoms with E-state index in [0.717, 1.165) is 136 Å². The molecule has 6 aliphatic rings. The predicted octanol–water partition coefficient (Wildman–Crippen LogP) is 2.59. The molecule has 1 aromatic heterocycles. The second kappa shape index (κ2) is 17.0. The number of nitrogens with zero attached hydrogens (tertiary/aromatic N) is 8. The molecule has 0 radical (unpaired) electrons. The summed E-state index contributed by atoms with van der Waals surface area (Å²) in [7, 11) is 0. The second-order valence-corrected chi connectivity index (χ2v) is 17.4. The van der Waals surface area contributed by atoms with Gasteiger partial charge < -0.3 is 24.8 Å². The largest absolute Gasteiger partial charge is 0.491 e. The van der Waals surface area contributed by atoms with E-state index in [2.05, 4.69) is 64.4 Å². The molecule has 7 heterocycles. The van der Waals surface area contributed by atoms with Crippen molar-refractivity contribution in [2.75, 3.05) is 90.1 Å². The lowest BCUT2D eigenvalue weighted by Crippen LogP contribution is -2.56. The molecule has 0 spiro atoms. The Bertz CT molecular complexity index is 2200. The number of amidine groups is 1. The molecule has 318 valence electrons. The van der Waals surface area contributed by atoms with E-state index in [1.807, 2.05) is 32.0 Å². The van der Waals surface area contributed by atoms with E-state index < -0.39 is 23.8 Å². The number of carbonyl (C=O) groups excluding carboxylic acids is 4. The van der Waals surface area contributed by atoms with Crippen LogP contribution in [0.4, 0.5) is 5.69 Å². The van der Waals surface area contributed by atoms with Crippen LogP contribution in [0.1, 0.15) is 72.9 Å². The average molecular weight is 820 g/mol. The minimum atomic E-state index is -0.952. The molecule has 16 nitrogen and oxygen atoms in total. The Labute approximate surface area is 350 Å². The second-order valence-electron chi connectivity index (χ2n) is 17.4. The molecule has 3 N–H and O–H groups in total. The summed E-state index contributed by atoms with van der Waals surface area (Å²) in [6.45, 7) is 19.2. The Morgan fingerprint density at radius 1 is 0.833 bits per heavy atom. The van der Waals surface area contributed by atoms with Gasteiger partial charge in [-0.25, -0.2) is 4.99 Å². The maximum atomic E-state index is 13.4. The number of piperazine rings is 2.